The highest BCUT2D eigenvalue weighted by molar-refractivity contribution is 7.30. The van der Waals surface area contributed by atoms with Crippen molar-refractivity contribution in [1.29, 1.82) is 0 Å². The van der Waals surface area contributed by atoms with E-state index < -0.39 is 32.7 Å². The highest BCUT2D eigenvalue weighted by Gasteiger charge is 2.27. The van der Waals surface area contributed by atoms with Crippen LogP contribution >= 0.6 is 8.25 Å². The van der Waals surface area contributed by atoms with Crippen LogP contribution in [0.2, 0.25) is 0 Å². The summed E-state index contributed by atoms with van der Waals surface area (Å²) in [6, 6.07) is 0. The van der Waals surface area contributed by atoms with Gasteiger partial charge in [-0.15, -0.1) is 9.79 Å². The van der Waals surface area contributed by atoms with Crippen LogP contribution in [0.4, 0.5) is 0 Å². The molecule has 0 aliphatic heterocycles. The van der Waals surface area contributed by atoms with Crippen molar-refractivity contribution in [3.63, 3.8) is 0 Å². The second kappa shape index (κ2) is 8.81. The normalized spacial score (nSPS) is 17.8. The van der Waals surface area contributed by atoms with E-state index in [9.17, 15) is 4.79 Å². The Kier molecular flexibility index (Phi) is 9.95. The first kappa shape index (κ1) is 16.9. The van der Waals surface area contributed by atoms with E-state index in [2.05, 4.69) is 0 Å². The summed E-state index contributed by atoms with van der Waals surface area (Å²) in [6.45, 7) is 1.24. The van der Waals surface area contributed by atoms with E-state index in [0.29, 0.717) is 0 Å². The molecule has 6 N–H and O–H groups in total. The molecule has 0 fully saturated rings. The summed E-state index contributed by atoms with van der Waals surface area (Å²) in [5, 5.41) is 35.1. The fourth-order valence-electron chi connectivity index (χ4n) is 0.568. The van der Waals surface area contributed by atoms with Crippen LogP contribution in [0.15, 0.2) is 0 Å². The van der Waals surface area contributed by atoms with Gasteiger partial charge in [-0.1, -0.05) is 0 Å². The number of carbonyl (C=O) groups is 1. The predicted molar refractivity (Wildman–Crippen MR) is 47.8 cm³/mol. The van der Waals surface area contributed by atoms with Crippen molar-refractivity contribution in [3.8, 4) is 0 Å². The van der Waals surface area contributed by atoms with Gasteiger partial charge in [-0.3, -0.25) is 0 Å². The highest BCUT2D eigenvalue weighted by atomic mass is 31.1. The minimum Gasteiger partial charge on any atom is -0.391 e. The van der Waals surface area contributed by atoms with Crippen LogP contribution in [0.25, 0.3) is 0 Å². The summed E-state index contributed by atoms with van der Waals surface area (Å²) in [5.41, 5.74) is 0. The molecule has 0 spiro atoms. The van der Waals surface area contributed by atoms with Crippen molar-refractivity contribution in [2.24, 2.45) is 0 Å². The molecule has 90 valence electrons. The molecule has 0 heterocycles. The van der Waals surface area contributed by atoms with Gasteiger partial charge in [0.15, 0.2) is 6.29 Å². The lowest BCUT2D eigenvalue weighted by Gasteiger charge is -2.21. The highest BCUT2D eigenvalue weighted by Crippen LogP contribution is 2.02. The molecule has 4 atom stereocenters. The van der Waals surface area contributed by atoms with Crippen molar-refractivity contribution >= 4 is 14.5 Å². The van der Waals surface area contributed by atoms with Gasteiger partial charge in [-0.05, 0) is 6.92 Å². The Morgan fingerprint density at radius 2 is 1.40 bits per heavy atom. The first-order valence-corrected chi connectivity index (χ1v) is 4.93. The molecular weight excluding hydrogens is 231 g/mol. The first-order valence-electron chi connectivity index (χ1n) is 3.76. The number of hydrogen-bond donors (Lipinski definition) is 6. The largest absolute Gasteiger partial charge is 0.692 e. The van der Waals surface area contributed by atoms with Gasteiger partial charge in [0.25, 0.3) is 0 Å². The number of rotatable bonds is 4. The molecule has 9 heteroatoms. The van der Waals surface area contributed by atoms with Crippen LogP contribution in [0.3, 0.4) is 0 Å². The van der Waals surface area contributed by atoms with E-state index in [1.807, 2.05) is 0 Å². The molecule has 0 aromatic carbocycles. The van der Waals surface area contributed by atoms with E-state index in [-0.39, 0.29) is 6.29 Å². The van der Waals surface area contributed by atoms with Crippen LogP contribution in [-0.2, 0) is 9.36 Å². The summed E-state index contributed by atoms with van der Waals surface area (Å²) < 4.78 is 8.70. The minimum atomic E-state index is -2.87. The van der Waals surface area contributed by atoms with Gasteiger partial charge in [0.1, 0.15) is 18.3 Å². The number of aldehydes is 1. The van der Waals surface area contributed by atoms with Crippen LogP contribution in [0.1, 0.15) is 6.92 Å². The van der Waals surface area contributed by atoms with Crippen molar-refractivity contribution < 1.29 is 39.6 Å². The van der Waals surface area contributed by atoms with E-state index >= 15 is 0 Å². The Morgan fingerprint density at radius 3 is 1.60 bits per heavy atom. The molecule has 0 saturated heterocycles. The van der Waals surface area contributed by atoms with Gasteiger partial charge < -0.3 is 25.2 Å². The molecule has 0 aromatic rings. The zero-order valence-corrected chi connectivity index (χ0v) is 8.73. The summed E-state index contributed by atoms with van der Waals surface area (Å²) in [4.78, 5) is 24.1. The number of carbonyl (C=O) groups excluding carboxylic acids is 1. The van der Waals surface area contributed by atoms with Crippen molar-refractivity contribution in [2.45, 2.75) is 31.3 Å². The summed E-state index contributed by atoms with van der Waals surface area (Å²) >= 11 is 0. The number of aliphatic hydroxyl groups is 4. The molecule has 0 rings (SSSR count). The molecule has 0 radical (unpaired) electrons. The third-order valence-corrected chi connectivity index (χ3v) is 1.33. The Morgan fingerprint density at radius 1 is 1.07 bits per heavy atom. The topological polar surface area (TPSA) is 156 Å². The van der Waals surface area contributed by atoms with Crippen molar-refractivity contribution in [1.82, 2.24) is 0 Å². The molecular formula is C6H14O8P+. The smallest absolute Gasteiger partial charge is 0.391 e. The fourth-order valence-corrected chi connectivity index (χ4v) is 0.568. The number of aliphatic hydroxyl groups excluding tert-OH is 4. The molecule has 0 amide bonds. The summed E-state index contributed by atoms with van der Waals surface area (Å²) in [5.74, 6) is 0. The monoisotopic (exact) mass is 245 g/mol. The van der Waals surface area contributed by atoms with Gasteiger partial charge >= 0.3 is 8.25 Å². The Hall–Kier alpha value is -0.470. The Balaban J connectivity index is 0. The third-order valence-electron chi connectivity index (χ3n) is 1.33. The second-order valence-electron chi connectivity index (χ2n) is 2.60. The zero-order chi connectivity index (χ0) is 12.6. The van der Waals surface area contributed by atoms with Crippen molar-refractivity contribution in [3.05, 3.63) is 0 Å². The minimum absolute atomic E-state index is 0.0935. The third kappa shape index (κ3) is 9.83. The molecule has 4 unspecified atom stereocenters. The lowest BCUT2D eigenvalue weighted by Crippen LogP contribution is -2.43. The van der Waals surface area contributed by atoms with Crippen molar-refractivity contribution in [2.75, 3.05) is 0 Å². The maximum absolute atomic E-state index is 9.87. The Labute approximate surface area is 86.4 Å². The lowest BCUT2D eigenvalue weighted by molar-refractivity contribution is -0.132. The number of hydrogen-bond acceptors (Lipinski definition) is 6. The fraction of sp³-hybridized carbons (Fsp3) is 0.833. The SMILES string of the molecule is CC(O)C(O)C(O)C(O)C=O.O=[P+](O)O. The predicted octanol–water partition coefficient (Wildman–Crippen LogP) is -2.72. The van der Waals surface area contributed by atoms with E-state index in [1.165, 1.54) is 6.92 Å². The summed E-state index contributed by atoms with van der Waals surface area (Å²) in [7, 11) is -2.87. The quantitative estimate of drug-likeness (QED) is 0.230. The summed E-state index contributed by atoms with van der Waals surface area (Å²) in [6.07, 6.45) is -5.88. The maximum atomic E-state index is 9.87. The van der Waals surface area contributed by atoms with Gasteiger partial charge in [0, 0.05) is 4.57 Å². The molecule has 0 aliphatic rings. The second-order valence-corrected chi connectivity index (χ2v) is 3.11. The van der Waals surface area contributed by atoms with Crippen LogP contribution < -0.4 is 0 Å². The average molecular weight is 245 g/mol. The van der Waals surface area contributed by atoms with Gasteiger partial charge in [0.2, 0.25) is 0 Å². The van der Waals surface area contributed by atoms with Gasteiger partial charge in [-0.2, -0.15) is 0 Å². The zero-order valence-electron chi connectivity index (χ0n) is 7.83. The molecule has 8 nitrogen and oxygen atoms in total. The van der Waals surface area contributed by atoms with E-state index in [0.717, 1.165) is 0 Å². The molecule has 0 bridgehead atoms. The van der Waals surface area contributed by atoms with E-state index in [4.69, 9.17) is 34.8 Å². The van der Waals surface area contributed by atoms with Gasteiger partial charge in [0.05, 0.1) is 6.10 Å². The van der Waals surface area contributed by atoms with Gasteiger partial charge in [-0.25, -0.2) is 0 Å². The van der Waals surface area contributed by atoms with Crippen LogP contribution in [0, 0.1) is 0 Å². The standard InChI is InChI=1S/C6H12O5.HO3P/c1-3(8)5(10)6(11)4(9)2-7;1-4(2)3/h2-6,8-11H,1H3;(H-,1,2,3)/p+1. The van der Waals surface area contributed by atoms with E-state index in [1.54, 1.807) is 0 Å². The first-order chi connectivity index (χ1) is 6.73. The average Bonchev–Trinajstić information content (AvgIpc) is 2.13. The molecule has 0 saturated carbocycles. The lowest BCUT2D eigenvalue weighted by atomic mass is 10.1. The Bertz CT molecular complexity index is 192. The molecule has 15 heavy (non-hydrogen) atoms. The molecule has 0 aromatic heterocycles. The molecule has 0 aliphatic carbocycles. The maximum Gasteiger partial charge on any atom is 0.692 e. The van der Waals surface area contributed by atoms with Crippen LogP contribution in [-0.4, -0.2) is 60.9 Å². The van der Waals surface area contributed by atoms with Crippen LogP contribution in [0.5, 0.6) is 0 Å².